The lowest BCUT2D eigenvalue weighted by atomic mass is 10.6. The number of hydrogen-bond acceptors (Lipinski definition) is 5. The maximum absolute atomic E-state index is 11.3. The molecule has 17 heavy (non-hydrogen) atoms. The highest BCUT2D eigenvalue weighted by Gasteiger charge is 2.10. The number of H-pyrrole nitrogens is 1. The Balaban J connectivity index is 2.62. The summed E-state index contributed by atoms with van der Waals surface area (Å²) in [5.74, 6) is -1.36. The number of rotatable bonds is 6. The van der Waals surface area contributed by atoms with Gasteiger partial charge in [-0.3, -0.25) is 14.2 Å². The average molecular weight is 260 g/mol. The van der Waals surface area contributed by atoms with Gasteiger partial charge in [0.15, 0.2) is 5.16 Å². The molecule has 1 rings (SSSR count). The van der Waals surface area contributed by atoms with Gasteiger partial charge in [0.25, 0.3) is 0 Å². The molecule has 94 valence electrons. The van der Waals surface area contributed by atoms with Crippen molar-refractivity contribution in [2.75, 3.05) is 12.3 Å². The smallest absolute Gasteiger partial charge is 0.344 e. The Bertz CT molecular complexity index is 466. The van der Waals surface area contributed by atoms with E-state index in [1.807, 2.05) is 0 Å². The van der Waals surface area contributed by atoms with Gasteiger partial charge in [-0.25, -0.2) is 9.89 Å². The summed E-state index contributed by atoms with van der Waals surface area (Å²) in [6.45, 7) is 1.91. The molecule has 0 bridgehead atoms. The number of carboxylic acid groups (broad SMARTS) is 1. The maximum atomic E-state index is 11.3. The lowest BCUT2D eigenvalue weighted by molar-refractivity contribution is -0.133. The number of carbonyl (C=O) groups is 2. The Hall–Kier alpha value is -1.77. The number of aromatic nitrogens is 3. The van der Waals surface area contributed by atoms with Crippen LogP contribution in [0.4, 0.5) is 0 Å². The molecular formula is C8H12N4O4S. The van der Waals surface area contributed by atoms with Crippen molar-refractivity contribution in [1.82, 2.24) is 20.1 Å². The number of nitrogens with one attached hydrogen (secondary N) is 2. The molecule has 1 heterocycles. The van der Waals surface area contributed by atoms with Gasteiger partial charge >= 0.3 is 11.7 Å². The van der Waals surface area contributed by atoms with Crippen LogP contribution in [0.1, 0.15) is 6.92 Å². The first-order valence-electron chi connectivity index (χ1n) is 4.75. The monoisotopic (exact) mass is 260 g/mol. The minimum absolute atomic E-state index is 0.176. The second-order valence-corrected chi connectivity index (χ2v) is 4.07. The molecule has 1 aromatic heterocycles. The summed E-state index contributed by atoms with van der Waals surface area (Å²) in [5.41, 5.74) is -0.428. The lowest BCUT2D eigenvalue weighted by Crippen LogP contribution is -2.28. The molecule has 3 N–H and O–H groups in total. The Labute approximate surface area is 100 Å². The summed E-state index contributed by atoms with van der Waals surface area (Å²) in [6.07, 6.45) is 0. The van der Waals surface area contributed by atoms with E-state index in [2.05, 4.69) is 15.5 Å². The molecule has 1 amide bonds. The van der Waals surface area contributed by atoms with E-state index in [0.717, 1.165) is 11.8 Å². The first kappa shape index (κ1) is 13.3. The molecule has 0 aliphatic heterocycles. The predicted octanol–water partition coefficient (Wildman–Crippen LogP) is -1.12. The minimum atomic E-state index is -0.987. The van der Waals surface area contributed by atoms with Crippen molar-refractivity contribution in [2.24, 2.45) is 0 Å². The molecule has 8 nitrogen and oxygen atoms in total. The van der Waals surface area contributed by atoms with Gasteiger partial charge in [-0.2, -0.15) is 0 Å². The summed E-state index contributed by atoms with van der Waals surface area (Å²) in [5, 5.41) is 17.3. The van der Waals surface area contributed by atoms with Crippen LogP contribution >= 0.6 is 11.8 Å². The van der Waals surface area contributed by atoms with E-state index in [0.29, 0.717) is 5.16 Å². The topological polar surface area (TPSA) is 117 Å². The van der Waals surface area contributed by atoms with Crippen molar-refractivity contribution in [1.29, 1.82) is 0 Å². The van der Waals surface area contributed by atoms with E-state index in [-0.39, 0.29) is 24.7 Å². The molecule has 0 atom stereocenters. The standard InChI is InChI=1S/C8H12N4O4S/c1-5(13)9-2-3-12-7(16)10-11-8(12)17-4-6(14)15/h2-4H2,1H3,(H,9,13)(H,10,16)(H,14,15). The van der Waals surface area contributed by atoms with Crippen molar-refractivity contribution >= 4 is 23.6 Å². The third-order valence-electron chi connectivity index (χ3n) is 1.76. The van der Waals surface area contributed by atoms with Crippen LogP contribution in [0, 0.1) is 0 Å². The average Bonchev–Trinajstić information content (AvgIpc) is 2.57. The van der Waals surface area contributed by atoms with Gasteiger partial charge in [-0.1, -0.05) is 11.8 Å². The van der Waals surface area contributed by atoms with Gasteiger partial charge in [0.2, 0.25) is 5.91 Å². The van der Waals surface area contributed by atoms with Crippen LogP contribution in [-0.4, -0.2) is 44.0 Å². The number of nitrogens with zero attached hydrogens (tertiary/aromatic N) is 2. The third kappa shape index (κ3) is 4.31. The van der Waals surface area contributed by atoms with Crippen LogP contribution in [0.15, 0.2) is 9.95 Å². The fourth-order valence-electron chi connectivity index (χ4n) is 1.08. The number of aromatic amines is 1. The third-order valence-corrected chi connectivity index (χ3v) is 2.72. The van der Waals surface area contributed by atoms with E-state index in [9.17, 15) is 14.4 Å². The molecule has 0 aromatic carbocycles. The van der Waals surface area contributed by atoms with Gasteiger partial charge in [0, 0.05) is 20.0 Å². The summed E-state index contributed by atoms with van der Waals surface area (Å²) in [6, 6.07) is 0. The van der Waals surface area contributed by atoms with Crippen molar-refractivity contribution in [3.05, 3.63) is 10.5 Å². The Morgan fingerprint density at radius 3 is 2.88 bits per heavy atom. The summed E-state index contributed by atoms with van der Waals surface area (Å²) < 4.78 is 1.28. The molecule has 0 saturated heterocycles. The zero-order chi connectivity index (χ0) is 12.8. The molecule has 0 aliphatic carbocycles. The van der Waals surface area contributed by atoms with Gasteiger partial charge in [0.1, 0.15) is 0 Å². The molecule has 0 saturated carbocycles. The van der Waals surface area contributed by atoms with Crippen molar-refractivity contribution in [2.45, 2.75) is 18.6 Å². The summed E-state index contributed by atoms with van der Waals surface area (Å²) in [4.78, 5) is 32.4. The number of amides is 1. The molecule has 0 radical (unpaired) electrons. The van der Waals surface area contributed by atoms with E-state index in [4.69, 9.17) is 5.11 Å². The largest absolute Gasteiger partial charge is 0.481 e. The number of aliphatic carboxylic acids is 1. The highest BCUT2D eigenvalue weighted by Crippen LogP contribution is 2.11. The highest BCUT2D eigenvalue weighted by molar-refractivity contribution is 7.99. The van der Waals surface area contributed by atoms with Crippen molar-refractivity contribution in [3.63, 3.8) is 0 Å². The van der Waals surface area contributed by atoms with E-state index >= 15 is 0 Å². The Morgan fingerprint density at radius 1 is 1.59 bits per heavy atom. The lowest BCUT2D eigenvalue weighted by Gasteiger charge is -2.04. The quantitative estimate of drug-likeness (QED) is 0.558. The van der Waals surface area contributed by atoms with Gasteiger partial charge < -0.3 is 10.4 Å². The summed E-state index contributed by atoms with van der Waals surface area (Å²) in [7, 11) is 0. The molecule has 9 heteroatoms. The van der Waals surface area contributed by atoms with Crippen LogP contribution in [0.5, 0.6) is 0 Å². The number of thioether (sulfide) groups is 1. The van der Waals surface area contributed by atoms with Crippen LogP contribution in [0.25, 0.3) is 0 Å². The van der Waals surface area contributed by atoms with Gasteiger partial charge in [-0.05, 0) is 0 Å². The first-order chi connectivity index (χ1) is 8.00. The minimum Gasteiger partial charge on any atom is -0.481 e. The second kappa shape index (κ2) is 6.09. The Morgan fingerprint density at radius 2 is 2.29 bits per heavy atom. The molecule has 0 spiro atoms. The van der Waals surface area contributed by atoms with Crippen molar-refractivity contribution in [3.8, 4) is 0 Å². The zero-order valence-electron chi connectivity index (χ0n) is 9.10. The number of carboxylic acids is 1. The fourth-order valence-corrected chi connectivity index (χ4v) is 1.77. The molecule has 0 unspecified atom stereocenters. The van der Waals surface area contributed by atoms with Gasteiger partial charge in [-0.15, -0.1) is 5.10 Å². The van der Waals surface area contributed by atoms with Crippen LogP contribution in [0.2, 0.25) is 0 Å². The molecule has 0 aliphatic rings. The number of carbonyl (C=O) groups excluding carboxylic acids is 1. The maximum Gasteiger partial charge on any atom is 0.344 e. The molecular weight excluding hydrogens is 248 g/mol. The number of hydrogen-bond donors (Lipinski definition) is 3. The van der Waals surface area contributed by atoms with Crippen molar-refractivity contribution < 1.29 is 14.7 Å². The highest BCUT2D eigenvalue weighted by atomic mass is 32.2. The molecule has 1 aromatic rings. The second-order valence-electron chi connectivity index (χ2n) is 3.13. The van der Waals surface area contributed by atoms with E-state index in [1.165, 1.54) is 11.5 Å². The predicted molar refractivity (Wildman–Crippen MR) is 59.9 cm³/mol. The van der Waals surface area contributed by atoms with Gasteiger partial charge in [0.05, 0.1) is 5.75 Å². The Kier molecular flexibility index (Phi) is 4.76. The van der Waals surface area contributed by atoms with Crippen LogP contribution in [0.3, 0.4) is 0 Å². The van der Waals surface area contributed by atoms with Crippen LogP contribution in [-0.2, 0) is 16.1 Å². The molecule has 0 fully saturated rings. The fraction of sp³-hybridized carbons (Fsp3) is 0.500. The normalized spacial score (nSPS) is 10.2. The van der Waals surface area contributed by atoms with Crippen LogP contribution < -0.4 is 11.0 Å². The zero-order valence-corrected chi connectivity index (χ0v) is 9.91. The van der Waals surface area contributed by atoms with E-state index < -0.39 is 11.7 Å². The summed E-state index contributed by atoms with van der Waals surface area (Å²) >= 11 is 0.943. The first-order valence-corrected chi connectivity index (χ1v) is 5.73. The van der Waals surface area contributed by atoms with E-state index in [1.54, 1.807) is 0 Å². The SMILES string of the molecule is CC(=O)NCCn1c(SCC(=O)O)n[nH]c1=O.